The summed E-state index contributed by atoms with van der Waals surface area (Å²) in [6.07, 6.45) is 2.56. The predicted octanol–water partition coefficient (Wildman–Crippen LogP) is 2.31. The SMILES string of the molecule is CC(=O)Nc1cccc(CN=C(N)NCCc2ccccn2)c1.I. The maximum absolute atomic E-state index is 11.1. The van der Waals surface area contributed by atoms with Crippen LogP contribution in [0.15, 0.2) is 53.7 Å². The van der Waals surface area contributed by atoms with Gasteiger partial charge in [0.2, 0.25) is 5.91 Å². The first kappa shape index (κ1) is 19.9. The van der Waals surface area contributed by atoms with Gasteiger partial charge in [-0.3, -0.25) is 9.78 Å². The van der Waals surface area contributed by atoms with E-state index in [-0.39, 0.29) is 29.9 Å². The zero-order valence-corrected chi connectivity index (χ0v) is 15.9. The molecule has 0 saturated carbocycles. The molecule has 24 heavy (non-hydrogen) atoms. The lowest BCUT2D eigenvalue weighted by Crippen LogP contribution is -2.33. The van der Waals surface area contributed by atoms with Gasteiger partial charge in [0.1, 0.15) is 0 Å². The van der Waals surface area contributed by atoms with E-state index in [9.17, 15) is 4.79 Å². The van der Waals surface area contributed by atoms with E-state index < -0.39 is 0 Å². The van der Waals surface area contributed by atoms with Crippen molar-refractivity contribution in [2.75, 3.05) is 11.9 Å². The van der Waals surface area contributed by atoms with Gasteiger partial charge in [0.15, 0.2) is 5.96 Å². The van der Waals surface area contributed by atoms with Crippen LogP contribution in [0, 0.1) is 0 Å². The molecule has 4 N–H and O–H groups in total. The number of hydrogen-bond acceptors (Lipinski definition) is 3. The second-order valence-electron chi connectivity index (χ2n) is 5.08. The van der Waals surface area contributed by atoms with E-state index in [1.165, 1.54) is 6.92 Å². The molecule has 0 saturated heterocycles. The number of carbonyl (C=O) groups is 1. The summed E-state index contributed by atoms with van der Waals surface area (Å²) in [6.45, 7) is 2.61. The zero-order valence-electron chi connectivity index (χ0n) is 13.5. The Morgan fingerprint density at radius 3 is 2.79 bits per heavy atom. The number of pyridine rings is 1. The van der Waals surface area contributed by atoms with Crippen molar-refractivity contribution in [3.8, 4) is 0 Å². The zero-order chi connectivity index (χ0) is 16.5. The molecule has 0 fully saturated rings. The molecule has 0 bridgehead atoms. The molecule has 1 heterocycles. The Labute approximate surface area is 159 Å². The molecule has 1 aromatic carbocycles. The fourth-order valence-corrected chi connectivity index (χ4v) is 2.05. The van der Waals surface area contributed by atoms with E-state index in [2.05, 4.69) is 20.6 Å². The van der Waals surface area contributed by atoms with Crippen molar-refractivity contribution in [3.63, 3.8) is 0 Å². The lowest BCUT2D eigenvalue weighted by atomic mass is 10.2. The van der Waals surface area contributed by atoms with Crippen LogP contribution in [0.1, 0.15) is 18.2 Å². The Morgan fingerprint density at radius 1 is 1.25 bits per heavy atom. The molecule has 0 aliphatic rings. The van der Waals surface area contributed by atoms with Crippen molar-refractivity contribution in [1.29, 1.82) is 0 Å². The minimum absolute atomic E-state index is 0. The van der Waals surface area contributed by atoms with Gasteiger partial charge in [-0.2, -0.15) is 0 Å². The molecule has 2 rings (SSSR count). The Kier molecular flexibility index (Phi) is 8.77. The number of anilines is 1. The summed E-state index contributed by atoms with van der Waals surface area (Å²) in [5.74, 6) is 0.298. The summed E-state index contributed by atoms with van der Waals surface area (Å²) in [4.78, 5) is 19.6. The number of nitrogens with two attached hydrogens (primary N) is 1. The maximum Gasteiger partial charge on any atom is 0.221 e. The molecule has 1 aromatic heterocycles. The highest BCUT2D eigenvalue weighted by Gasteiger charge is 1.99. The first-order valence-electron chi connectivity index (χ1n) is 7.44. The van der Waals surface area contributed by atoms with E-state index in [0.29, 0.717) is 19.0 Å². The third-order valence-corrected chi connectivity index (χ3v) is 3.09. The van der Waals surface area contributed by atoms with E-state index in [1.54, 1.807) is 6.20 Å². The Hall–Kier alpha value is -2.16. The summed E-state index contributed by atoms with van der Waals surface area (Å²) in [6, 6.07) is 13.4. The molecule has 7 heteroatoms. The normalized spacial score (nSPS) is 10.6. The van der Waals surface area contributed by atoms with Gasteiger partial charge in [-0.15, -0.1) is 24.0 Å². The molecule has 128 valence electrons. The number of nitrogens with zero attached hydrogens (tertiary/aromatic N) is 2. The van der Waals surface area contributed by atoms with Crippen LogP contribution < -0.4 is 16.4 Å². The van der Waals surface area contributed by atoms with Crippen LogP contribution in [0.5, 0.6) is 0 Å². The lowest BCUT2D eigenvalue weighted by Gasteiger charge is -2.06. The number of hydrogen-bond donors (Lipinski definition) is 3. The number of amides is 1. The average Bonchev–Trinajstić information content (AvgIpc) is 2.54. The molecule has 0 atom stereocenters. The summed E-state index contributed by atoms with van der Waals surface area (Å²) >= 11 is 0. The van der Waals surface area contributed by atoms with Crippen LogP contribution >= 0.6 is 24.0 Å². The number of carbonyl (C=O) groups excluding carboxylic acids is 1. The number of halogens is 1. The molecule has 0 unspecified atom stereocenters. The maximum atomic E-state index is 11.1. The van der Waals surface area contributed by atoms with Gasteiger partial charge in [0.05, 0.1) is 6.54 Å². The van der Waals surface area contributed by atoms with Gasteiger partial charge in [-0.1, -0.05) is 18.2 Å². The second kappa shape index (κ2) is 10.6. The number of nitrogens with one attached hydrogen (secondary N) is 2. The van der Waals surface area contributed by atoms with Gasteiger partial charge < -0.3 is 16.4 Å². The number of guanidine groups is 1. The Balaban J connectivity index is 0.00000288. The average molecular weight is 439 g/mol. The first-order chi connectivity index (χ1) is 11.1. The predicted molar refractivity (Wildman–Crippen MR) is 107 cm³/mol. The van der Waals surface area contributed by atoms with Crippen LogP contribution in [0.3, 0.4) is 0 Å². The number of benzene rings is 1. The topological polar surface area (TPSA) is 92.4 Å². The van der Waals surface area contributed by atoms with Crippen molar-refractivity contribution >= 4 is 41.5 Å². The largest absolute Gasteiger partial charge is 0.370 e. The third-order valence-electron chi connectivity index (χ3n) is 3.09. The van der Waals surface area contributed by atoms with Gasteiger partial charge in [-0.25, -0.2) is 4.99 Å². The second-order valence-corrected chi connectivity index (χ2v) is 5.08. The minimum atomic E-state index is -0.0960. The molecule has 0 aliphatic carbocycles. The molecule has 0 spiro atoms. The van der Waals surface area contributed by atoms with Crippen LogP contribution in [-0.4, -0.2) is 23.4 Å². The standard InChI is InChI=1S/C17H21N5O.HI/c1-13(23)22-16-7-4-5-14(11-16)12-21-17(18)20-10-8-15-6-2-3-9-19-15;/h2-7,9,11H,8,10,12H2,1H3,(H,22,23)(H3,18,20,21);1H. The number of aromatic nitrogens is 1. The van der Waals surface area contributed by atoms with E-state index in [0.717, 1.165) is 23.4 Å². The molecule has 6 nitrogen and oxygen atoms in total. The van der Waals surface area contributed by atoms with E-state index >= 15 is 0 Å². The first-order valence-corrected chi connectivity index (χ1v) is 7.44. The van der Waals surface area contributed by atoms with Crippen LogP contribution in [0.4, 0.5) is 5.69 Å². The summed E-state index contributed by atoms with van der Waals surface area (Å²) in [7, 11) is 0. The van der Waals surface area contributed by atoms with Crippen molar-refractivity contribution in [1.82, 2.24) is 10.3 Å². The molecule has 0 aliphatic heterocycles. The minimum Gasteiger partial charge on any atom is -0.370 e. The molecule has 2 aromatic rings. The molecule has 1 amide bonds. The third kappa shape index (κ3) is 7.40. The quantitative estimate of drug-likeness (QED) is 0.366. The van der Waals surface area contributed by atoms with E-state index in [4.69, 9.17) is 5.73 Å². The van der Waals surface area contributed by atoms with E-state index in [1.807, 2.05) is 42.5 Å². The van der Waals surface area contributed by atoms with Gasteiger partial charge >= 0.3 is 0 Å². The summed E-state index contributed by atoms with van der Waals surface area (Å²) in [5.41, 5.74) is 8.60. The number of aliphatic imine (C=N–C) groups is 1. The summed E-state index contributed by atoms with van der Waals surface area (Å²) < 4.78 is 0. The van der Waals surface area contributed by atoms with Crippen LogP contribution in [0.2, 0.25) is 0 Å². The van der Waals surface area contributed by atoms with Crippen molar-refractivity contribution in [2.24, 2.45) is 10.7 Å². The highest BCUT2D eigenvalue weighted by molar-refractivity contribution is 14.0. The molecular weight excluding hydrogens is 417 g/mol. The van der Waals surface area contributed by atoms with Crippen molar-refractivity contribution in [2.45, 2.75) is 19.9 Å². The van der Waals surface area contributed by atoms with Gasteiger partial charge in [0, 0.05) is 37.5 Å². The Morgan fingerprint density at radius 2 is 2.08 bits per heavy atom. The molecule has 0 radical (unpaired) electrons. The smallest absolute Gasteiger partial charge is 0.221 e. The van der Waals surface area contributed by atoms with Crippen LogP contribution in [-0.2, 0) is 17.8 Å². The van der Waals surface area contributed by atoms with Gasteiger partial charge in [-0.05, 0) is 29.8 Å². The summed E-state index contributed by atoms with van der Waals surface area (Å²) in [5, 5.41) is 5.81. The highest BCUT2D eigenvalue weighted by Crippen LogP contribution is 2.11. The van der Waals surface area contributed by atoms with Crippen molar-refractivity contribution in [3.05, 3.63) is 59.9 Å². The highest BCUT2D eigenvalue weighted by atomic mass is 127. The molecular formula is C17H22IN5O. The lowest BCUT2D eigenvalue weighted by molar-refractivity contribution is -0.114. The van der Waals surface area contributed by atoms with Crippen LogP contribution in [0.25, 0.3) is 0 Å². The number of rotatable bonds is 6. The van der Waals surface area contributed by atoms with Crippen molar-refractivity contribution < 1.29 is 4.79 Å². The fourth-order valence-electron chi connectivity index (χ4n) is 2.05. The fraction of sp³-hybridized carbons (Fsp3) is 0.235. The van der Waals surface area contributed by atoms with Gasteiger partial charge in [0.25, 0.3) is 0 Å². The monoisotopic (exact) mass is 439 g/mol. The Bertz CT molecular complexity index is 676.